The van der Waals surface area contributed by atoms with E-state index in [1.54, 1.807) is 31.2 Å². The van der Waals surface area contributed by atoms with E-state index in [1.807, 2.05) is 36.4 Å². The molecule has 2 rings (SSSR count). The molecule has 0 fully saturated rings. The summed E-state index contributed by atoms with van der Waals surface area (Å²) >= 11 is 0. The third-order valence-electron chi connectivity index (χ3n) is 3.09. The second-order valence-corrected chi connectivity index (χ2v) is 4.76. The molecule has 108 valence electrons. The summed E-state index contributed by atoms with van der Waals surface area (Å²) < 4.78 is 0. The molecule has 0 aliphatic carbocycles. The van der Waals surface area contributed by atoms with Crippen LogP contribution in [0.1, 0.15) is 22.8 Å². The van der Waals surface area contributed by atoms with E-state index in [2.05, 4.69) is 10.6 Å². The van der Waals surface area contributed by atoms with Crippen LogP contribution in [0, 0.1) is 0 Å². The molecular formula is C17H18N2O2. The number of amides is 2. The van der Waals surface area contributed by atoms with Gasteiger partial charge in [-0.1, -0.05) is 48.5 Å². The van der Waals surface area contributed by atoms with Crippen molar-refractivity contribution >= 4 is 11.8 Å². The Hall–Kier alpha value is -2.62. The Balaban J connectivity index is 1.84. The Bertz CT molecular complexity index is 597. The van der Waals surface area contributed by atoms with Crippen LogP contribution in [-0.4, -0.2) is 17.9 Å². The van der Waals surface area contributed by atoms with Crippen LogP contribution < -0.4 is 10.6 Å². The van der Waals surface area contributed by atoms with Crippen LogP contribution in [0.25, 0.3) is 0 Å². The third kappa shape index (κ3) is 4.45. The number of hydrogen-bond donors (Lipinski definition) is 2. The topological polar surface area (TPSA) is 58.2 Å². The lowest BCUT2D eigenvalue weighted by atomic mass is 10.2. The largest absolute Gasteiger partial charge is 0.350 e. The molecule has 2 N–H and O–H groups in total. The van der Waals surface area contributed by atoms with Crippen molar-refractivity contribution in [2.24, 2.45) is 0 Å². The molecule has 0 saturated heterocycles. The highest BCUT2D eigenvalue weighted by Gasteiger charge is 2.15. The summed E-state index contributed by atoms with van der Waals surface area (Å²) in [5.74, 6) is -0.457. The lowest BCUT2D eigenvalue weighted by molar-refractivity contribution is -0.122. The van der Waals surface area contributed by atoms with E-state index < -0.39 is 6.04 Å². The predicted molar refractivity (Wildman–Crippen MR) is 81.7 cm³/mol. The van der Waals surface area contributed by atoms with Crippen LogP contribution in [0.4, 0.5) is 0 Å². The lowest BCUT2D eigenvalue weighted by Gasteiger charge is -2.14. The fourth-order valence-corrected chi connectivity index (χ4v) is 1.87. The second kappa shape index (κ2) is 7.24. The van der Waals surface area contributed by atoms with Gasteiger partial charge in [0, 0.05) is 12.1 Å². The zero-order chi connectivity index (χ0) is 15.1. The molecule has 0 radical (unpaired) electrons. The van der Waals surface area contributed by atoms with Crippen LogP contribution in [-0.2, 0) is 11.3 Å². The summed E-state index contributed by atoms with van der Waals surface area (Å²) in [6.45, 7) is 2.12. The molecule has 0 unspecified atom stereocenters. The van der Waals surface area contributed by atoms with Gasteiger partial charge in [0.15, 0.2) is 0 Å². The first kappa shape index (κ1) is 14.8. The van der Waals surface area contributed by atoms with E-state index in [0.717, 1.165) is 5.56 Å². The van der Waals surface area contributed by atoms with Crippen LogP contribution in [0.2, 0.25) is 0 Å². The van der Waals surface area contributed by atoms with Crippen molar-refractivity contribution in [1.29, 1.82) is 0 Å². The van der Waals surface area contributed by atoms with E-state index in [9.17, 15) is 9.59 Å². The van der Waals surface area contributed by atoms with E-state index >= 15 is 0 Å². The summed E-state index contributed by atoms with van der Waals surface area (Å²) in [6, 6.07) is 17.9. The van der Waals surface area contributed by atoms with Crippen molar-refractivity contribution in [3.63, 3.8) is 0 Å². The monoisotopic (exact) mass is 282 g/mol. The van der Waals surface area contributed by atoms with E-state index in [1.165, 1.54) is 0 Å². The van der Waals surface area contributed by atoms with Crippen LogP contribution >= 0.6 is 0 Å². The number of benzene rings is 2. The van der Waals surface area contributed by atoms with Gasteiger partial charge in [0.1, 0.15) is 6.04 Å². The molecule has 4 nitrogen and oxygen atoms in total. The Kier molecular flexibility index (Phi) is 5.10. The maximum atomic E-state index is 12.0. The van der Waals surface area contributed by atoms with E-state index in [4.69, 9.17) is 0 Å². The van der Waals surface area contributed by atoms with Gasteiger partial charge in [0.2, 0.25) is 5.91 Å². The third-order valence-corrected chi connectivity index (χ3v) is 3.09. The fraction of sp³-hybridized carbons (Fsp3) is 0.176. The van der Waals surface area contributed by atoms with Crippen molar-refractivity contribution in [3.05, 3.63) is 71.8 Å². The highest BCUT2D eigenvalue weighted by molar-refractivity contribution is 5.97. The molecule has 2 aromatic rings. The Morgan fingerprint density at radius 1 is 0.952 bits per heavy atom. The molecule has 0 heterocycles. The molecule has 1 atom stereocenters. The van der Waals surface area contributed by atoms with E-state index in [-0.39, 0.29) is 11.8 Å². The summed E-state index contributed by atoms with van der Waals surface area (Å²) in [5, 5.41) is 5.48. The molecule has 2 aromatic carbocycles. The summed E-state index contributed by atoms with van der Waals surface area (Å²) in [5.41, 5.74) is 1.56. The minimum Gasteiger partial charge on any atom is -0.350 e. The molecule has 0 saturated carbocycles. The smallest absolute Gasteiger partial charge is 0.251 e. The maximum absolute atomic E-state index is 12.0. The molecule has 0 aliphatic rings. The van der Waals surface area contributed by atoms with Gasteiger partial charge in [-0.2, -0.15) is 0 Å². The average molecular weight is 282 g/mol. The molecule has 2 amide bonds. The number of carbonyl (C=O) groups excluding carboxylic acids is 2. The van der Waals surface area contributed by atoms with Gasteiger partial charge >= 0.3 is 0 Å². The second-order valence-electron chi connectivity index (χ2n) is 4.76. The standard InChI is InChI=1S/C17H18N2O2/c1-13(19-17(21)15-10-6-3-7-11-15)16(20)18-12-14-8-4-2-5-9-14/h2-11,13H,12H2,1H3,(H,18,20)(H,19,21)/t13-/m0/s1. The van der Waals surface area contributed by atoms with Crippen LogP contribution in [0.15, 0.2) is 60.7 Å². The number of nitrogens with one attached hydrogen (secondary N) is 2. The highest BCUT2D eigenvalue weighted by atomic mass is 16.2. The van der Waals surface area contributed by atoms with Crippen LogP contribution in [0.5, 0.6) is 0 Å². The Morgan fingerprint density at radius 2 is 1.52 bits per heavy atom. The van der Waals surface area contributed by atoms with Crippen molar-refractivity contribution in [2.75, 3.05) is 0 Å². The van der Waals surface area contributed by atoms with E-state index in [0.29, 0.717) is 12.1 Å². The van der Waals surface area contributed by atoms with Crippen molar-refractivity contribution in [1.82, 2.24) is 10.6 Å². The normalized spacial score (nSPS) is 11.5. The van der Waals surface area contributed by atoms with Crippen molar-refractivity contribution < 1.29 is 9.59 Å². The van der Waals surface area contributed by atoms with Crippen molar-refractivity contribution in [3.8, 4) is 0 Å². The van der Waals surface area contributed by atoms with Crippen LogP contribution in [0.3, 0.4) is 0 Å². The predicted octanol–water partition coefficient (Wildman–Crippen LogP) is 2.12. The molecule has 4 heteroatoms. The number of carbonyl (C=O) groups is 2. The fourth-order valence-electron chi connectivity index (χ4n) is 1.87. The highest BCUT2D eigenvalue weighted by Crippen LogP contribution is 2.00. The minimum absolute atomic E-state index is 0.205. The minimum atomic E-state index is -0.582. The molecule has 0 spiro atoms. The molecule has 0 aromatic heterocycles. The number of hydrogen-bond acceptors (Lipinski definition) is 2. The maximum Gasteiger partial charge on any atom is 0.251 e. The molecule has 0 aliphatic heterocycles. The summed E-state index contributed by atoms with van der Waals surface area (Å²) in [7, 11) is 0. The van der Waals surface area contributed by atoms with Gasteiger partial charge in [-0.15, -0.1) is 0 Å². The Morgan fingerprint density at radius 3 is 2.14 bits per heavy atom. The van der Waals surface area contributed by atoms with Gasteiger partial charge in [-0.3, -0.25) is 9.59 Å². The van der Waals surface area contributed by atoms with Gasteiger partial charge in [0.05, 0.1) is 0 Å². The first-order valence-corrected chi connectivity index (χ1v) is 6.84. The average Bonchev–Trinajstić information content (AvgIpc) is 2.54. The first-order valence-electron chi connectivity index (χ1n) is 6.84. The summed E-state index contributed by atoms with van der Waals surface area (Å²) in [4.78, 5) is 23.9. The molecular weight excluding hydrogens is 264 g/mol. The van der Waals surface area contributed by atoms with Gasteiger partial charge in [0.25, 0.3) is 5.91 Å². The SMILES string of the molecule is C[C@H](NC(=O)c1ccccc1)C(=O)NCc1ccccc1. The molecule has 21 heavy (non-hydrogen) atoms. The first-order chi connectivity index (χ1) is 10.2. The zero-order valence-corrected chi connectivity index (χ0v) is 11.9. The van der Waals surface area contributed by atoms with Gasteiger partial charge in [-0.05, 0) is 24.6 Å². The summed E-state index contributed by atoms with van der Waals surface area (Å²) in [6.07, 6.45) is 0. The lowest BCUT2D eigenvalue weighted by Crippen LogP contribution is -2.44. The van der Waals surface area contributed by atoms with Gasteiger partial charge in [-0.25, -0.2) is 0 Å². The zero-order valence-electron chi connectivity index (χ0n) is 11.9. The quantitative estimate of drug-likeness (QED) is 0.882. The number of rotatable bonds is 5. The Labute approximate surface area is 124 Å². The molecule has 0 bridgehead atoms. The van der Waals surface area contributed by atoms with Gasteiger partial charge < -0.3 is 10.6 Å². The van der Waals surface area contributed by atoms with Crippen molar-refractivity contribution in [2.45, 2.75) is 19.5 Å².